The number of hydrogen-bond donors (Lipinski definition) is 0. The molecule has 1 aromatic heterocycles. The van der Waals surface area contributed by atoms with E-state index in [0.29, 0.717) is 5.56 Å². The lowest BCUT2D eigenvalue weighted by molar-refractivity contribution is -0.157. The molecule has 146 valence electrons. The Morgan fingerprint density at radius 2 is 1.46 bits per heavy atom. The molecule has 0 N–H and O–H groups in total. The van der Waals surface area contributed by atoms with Gasteiger partial charge in [0.1, 0.15) is 11.7 Å². The summed E-state index contributed by atoms with van der Waals surface area (Å²) in [5, 5.41) is 0. The van der Waals surface area contributed by atoms with Gasteiger partial charge in [-0.25, -0.2) is 4.39 Å². The Morgan fingerprint density at radius 1 is 0.929 bits per heavy atom. The largest absolute Gasteiger partial charge is 0.298 e. The first kappa shape index (κ1) is 20.3. The van der Waals surface area contributed by atoms with E-state index in [1.165, 1.54) is 23.5 Å². The van der Waals surface area contributed by atoms with Gasteiger partial charge in [-0.3, -0.25) is 14.4 Å². The minimum atomic E-state index is -1.19. The fraction of sp³-hybridized carbons (Fsp3) is 0.348. The number of aryl methyl sites for hydroxylation is 1. The third kappa shape index (κ3) is 3.28. The fourth-order valence-electron chi connectivity index (χ4n) is 3.77. The average Bonchev–Trinajstić information content (AvgIpc) is 3.00. The third-order valence-electron chi connectivity index (χ3n) is 5.49. The highest BCUT2D eigenvalue weighted by Crippen LogP contribution is 2.46. The van der Waals surface area contributed by atoms with Gasteiger partial charge in [0.15, 0.2) is 17.3 Å². The zero-order chi connectivity index (χ0) is 20.9. The van der Waals surface area contributed by atoms with Crippen LogP contribution in [0.2, 0.25) is 0 Å². The molecule has 3 nitrogen and oxygen atoms in total. The van der Waals surface area contributed by atoms with E-state index in [-0.39, 0.29) is 23.2 Å². The number of benzene rings is 1. The summed E-state index contributed by atoms with van der Waals surface area (Å²) >= 11 is 1.49. The van der Waals surface area contributed by atoms with E-state index in [0.717, 1.165) is 15.3 Å². The zero-order valence-electron chi connectivity index (χ0n) is 16.6. The lowest BCUT2D eigenvalue weighted by Crippen LogP contribution is -2.56. The molecule has 0 atom stereocenters. The summed E-state index contributed by atoms with van der Waals surface area (Å²) in [7, 11) is 0. The van der Waals surface area contributed by atoms with Gasteiger partial charge in [0.05, 0.1) is 10.8 Å². The summed E-state index contributed by atoms with van der Waals surface area (Å²) in [4.78, 5) is 40.5. The average molecular weight is 398 g/mol. The summed E-state index contributed by atoms with van der Waals surface area (Å²) in [5.74, 6) is -2.21. The third-order valence-corrected chi connectivity index (χ3v) is 6.52. The summed E-state index contributed by atoms with van der Waals surface area (Å²) in [6.45, 7) is 8.31. The second kappa shape index (κ2) is 6.89. The standard InChI is InChI=1S/C23H23FO3S/c1-13-17(12-16(28-13)11-8-14-6-9-15(24)10-7-14)18-19(25)22(2,3)21(27)23(4,5)20(18)26/h6-12,18H,1-5H3. The van der Waals surface area contributed by atoms with Gasteiger partial charge in [0, 0.05) is 9.75 Å². The summed E-state index contributed by atoms with van der Waals surface area (Å²) < 4.78 is 13.0. The molecule has 0 radical (unpaired) electrons. The molecule has 0 aliphatic heterocycles. The molecular formula is C23H23FO3S. The second-order valence-electron chi connectivity index (χ2n) is 8.29. The second-order valence-corrected chi connectivity index (χ2v) is 9.57. The molecule has 28 heavy (non-hydrogen) atoms. The smallest absolute Gasteiger partial charge is 0.160 e. The van der Waals surface area contributed by atoms with Crippen molar-refractivity contribution in [3.05, 3.63) is 57.0 Å². The van der Waals surface area contributed by atoms with E-state index < -0.39 is 16.7 Å². The maximum absolute atomic E-state index is 13.0. The number of thiophene rings is 1. The van der Waals surface area contributed by atoms with Crippen LogP contribution < -0.4 is 0 Å². The molecule has 0 saturated heterocycles. The van der Waals surface area contributed by atoms with Crippen molar-refractivity contribution in [2.45, 2.75) is 40.5 Å². The first-order valence-electron chi connectivity index (χ1n) is 9.14. The van der Waals surface area contributed by atoms with Crippen molar-refractivity contribution in [1.29, 1.82) is 0 Å². The first-order chi connectivity index (χ1) is 13.0. The van der Waals surface area contributed by atoms with Crippen molar-refractivity contribution in [3.63, 3.8) is 0 Å². The van der Waals surface area contributed by atoms with Crippen molar-refractivity contribution in [1.82, 2.24) is 0 Å². The first-order valence-corrected chi connectivity index (χ1v) is 9.95. The van der Waals surface area contributed by atoms with E-state index >= 15 is 0 Å². The Hall–Kier alpha value is -2.40. The van der Waals surface area contributed by atoms with E-state index in [9.17, 15) is 18.8 Å². The van der Waals surface area contributed by atoms with E-state index in [4.69, 9.17) is 0 Å². The SMILES string of the molecule is Cc1sc(C=Cc2ccc(F)cc2)cc1C1C(=O)C(C)(C)C(=O)C(C)(C)C1=O. The quantitative estimate of drug-likeness (QED) is 0.666. The molecule has 5 heteroatoms. The van der Waals surface area contributed by atoms with Crippen molar-refractivity contribution in [3.8, 4) is 0 Å². The van der Waals surface area contributed by atoms with Crippen LogP contribution in [-0.2, 0) is 14.4 Å². The van der Waals surface area contributed by atoms with Crippen LogP contribution in [0.3, 0.4) is 0 Å². The van der Waals surface area contributed by atoms with Crippen LogP contribution in [0.15, 0.2) is 30.3 Å². The number of carbonyl (C=O) groups excluding carboxylic acids is 3. The number of hydrogen-bond acceptors (Lipinski definition) is 4. The summed E-state index contributed by atoms with van der Waals surface area (Å²) in [5.41, 5.74) is -0.861. The lowest BCUT2D eigenvalue weighted by Gasteiger charge is -2.40. The molecule has 1 fully saturated rings. The highest BCUT2D eigenvalue weighted by molar-refractivity contribution is 7.13. The van der Waals surface area contributed by atoms with E-state index in [2.05, 4.69) is 0 Å². The molecule has 3 rings (SSSR count). The highest BCUT2D eigenvalue weighted by atomic mass is 32.1. The molecular weight excluding hydrogens is 375 g/mol. The predicted molar refractivity (Wildman–Crippen MR) is 110 cm³/mol. The van der Waals surface area contributed by atoms with Gasteiger partial charge in [0.2, 0.25) is 0 Å². The Kier molecular flexibility index (Phi) is 5.00. The number of rotatable bonds is 3. The zero-order valence-corrected chi connectivity index (χ0v) is 17.4. The van der Waals surface area contributed by atoms with Crippen LogP contribution in [-0.4, -0.2) is 17.3 Å². The number of ketones is 3. The monoisotopic (exact) mass is 398 g/mol. The van der Waals surface area contributed by atoms with Gasteiger partial charge in [-0.15, -0.1) is 11.3 Å². The molecule has 0 bridgehead atoms. The van der Waals surface area contributed by atoms with Gasteiger partial charge < -0.3 is 0 Å². The van der Waals surface area contributed by atoms with Crippen LogP contribution in [0, 0.1) is 23.6 Å². The molecule has 2 aromatic rings. The van der Waals surface area contributed by atoms with Crippen LogP contribution in [0.5, 0.6) is 0 Å². The van der Waals surface area contributed by atoms with Gasteiger partial charge in [0.25, 0.3) is 0 Å². The van der Waals surface area contributed by atoms with Crippen LogP contribution in [0.4, 0.5) is 4.39 Å². The number of halogens is 1. The van der Waals surface area contributed by atoms with Crippen LogP contribution in [0.25, 0.3) is 12.2 Å². The van der Waals surface area contributed by atoms with Crippen LogP contribution >= 0.6 is 11.3 Å². The summed E-state index contributed by atoms with van der Waals surface area (Å²) in [6.07, 6.45) is 3.74. The Labute approximate surface area is 168 Å². The molecule has 1 saturated carbocycles. The number of Topliss-reactive ketones (excluding diaryl/α,β-unsaturated/α-hetero) is 3. The molecule has 0 unspecified atom stereocenters. The van der Waals surface area contributed by atoms with E-state index in [1.54, 1.807) is 39.8 Å². The molecule has 1 aliphatic rings. The van der Waals surface area contributed by atoms with E-state index in [1.807, 2.05) is 25.1 Å². The van der Waals surface area contributed by atoms with Gasteiger partial charge in [-0.1, -0.05) is 18.2 Å². The normalized spacial score (nSPS) is 19.6. The van der Waals surface area contributed by atoms with Crippen LogP contribution in [0.1, 0.15) is 54.5 Å². The molecule has 1 aliphatic carbocycles. The lowest BCUT2D eigenvalue weighted by atomic mass is 9.57. The molecule has 0 spiro atoms. The minimum absolute atomic E-state index is 0.291. The van der Waals surface area contributed by atoms with Crippen molar-refractivity contribution in [2.24, 2.45) is 10.8 Å². The molecule has 1 aromatic carbocycles. The maximum Gasteiger partial charge on any atom is 0.160 e. The van der Waals surface area contributed by atoms with Crippen molar-refractivity contribution in [2.75, 3.05) is 0 Å². The van der Waals surface area contributed by atoms with Gasteiger partial charge >= 0.3 is 0 Å². The van der Waals surface area contributed by atoms with Gasteiger partial charge in [-0.2, -0.15) is 0 Å². The Morgan fingerprint density at radius 3 is 2.00 bits per heavy atom. The maximum atomic E-state index is 13.0. The number of carbonyl (C=O) groups is 3. The van der Waals surface area contributed by atoms with Gasteiger partial charge in [-0.05, 0) is 70.0 Å². The molecule has 1 heterocycles. The van der Waals surface area contributed by atoms with Crippen molar-refractivity contribution >= 4 is 40.8 Å². The Bertz CT molecular complexity index is 963. The topological polar surface area (TPSA) is 51.2 Å². The highest BCUT2D eigenvalue weighted by Gasteiger charge is 2.58. The molecule has 0 amide bonds. The predicted octanol–water partition coefficient (Wildman–Crippen LogP) is 5.22. The minimum Gasteiger partial charge on any atom is -0.298 e. The van der Waals surface area contributed by atoms with Crippen molar-refractivity contribution < 1.29 is 18.8 Å². The Balaban J connectivity index is 1.97. The summed E-state index contributed by atoms with van der Waals surface area (Å²) in [6, 6.07) is 8.00. The fourth-order valence-corrected chi connectivity index (χ4v) is 4.74.